The molecule has 0 aliphatic carbocycles. The summed E-state index contributed by atoms with van der Waals surface area (Å²) in [5.41, 5.74) is 2.54. The molecule has 0 radical (unpaired) electrons. The molecule has 0 spiro atoms. The molecule has 0 saturated carbocycles. The molecule has 4 nitrogen and oxygen atoms in total. The predicted octanol–water partition coefficient (Wildman–Crippen LogP) is 4.23. The van der Waals surface area contributed by atoms with Gasteiger partial charge in [0.25, 0.3) is 5.91 Å². The zero-order chi connectivity index (χ0) is 15.7. The SMILES string of the molecule is Cc1nn(C(C)C)c(C)c1NC(=O)c1cccc(F)c1Br. The van der Waals surface area contributed by atoms with Gasteiger partial charge in [-0.1, -0.05) is 6.07 Å². The van der Waals surface area contributed by atoms with Crippen LogP contribution in [0.25, 0.3) is 0 Å². The van der Waals surface area contributed by atoms with E-state index in [1.54, 1.807) is 6.07 Å². The second-order valence-electron chi connectivity index (χ2n) is 5.14. The fourth-order valence-corrected chi connectivity index (χ4v) is 2.65. The zero-order valence-corrected chi connectivity index (χ0v) is 14.0. The molecule has 6 heteroatoms. The van der Waals surface area contributed by atoms with Gasteiger partial charge >= 0.3 is 0 Å². The van der Waals surface area contributed by atoms with Crippen molar-refractivity contribution in [2.75, 3.05) is 5.32 Å². The van der Waals surface area contributed by atoms with Gasteiger partial charge in [0.05, 0.1) is 27.1 Å². The second-order valence-corrected chi connectivity index (χ2v) is 5.93. The van der Waals surface area contributed by atoms with E-state index >= 15 is 0 Å². The van der Waals surface area contributed by atoms with Gasteiger partial charge < -0.3 is 5.32 Å². The van der Waals surface area contributed by atoms with Crippen molar-refractivity contribution in [3.05, 3.63) is 45.4 Å². The van der Waals surface area contributed by atoms with Crippen molar-refractivity contribution >= 4 is 27.5 Å². The van der Waals surface area contributed by atoms with Crippen molar-refractivity contribution in [2.45, 2.75) is 33.7 Å². The Labute approximate surface area is 131 Å². The lowest BCUT2D eigenvalue weighted by Gasteiger charge is -2.10. The summed E-state index contributed by atoms with van der Waals surface area (Å²) in [6.45, 7) is 7.78. The first-order chi connectivity index (χ1) is 9.82. The van der Waals surface area contributed by atoms with Crippen LogP contribution in [0, 0.1) is 19.7 Å². The van der Waals surface area contributed by atoms with Gasteiger partial charge in [-0.2, -0.15) is 5.10 Å². The number of halogens is 2. The maximum Gasteiger partial charge on any atom is 0.257 e. The average Bonchev–Trinajstić information content (AvgIpc) is 2.70. The Morgan fingerprint density at radius 3 is 2.62 bits per heavy atom. The van der Waals surface area contributed by atoms with E-state index < -0.39 is 5.82 Å². The second kappa shape index (κ2) is 5.97. The van der Waals surface area contributed by atoms with E-state index in [2.05, 4.69) is 26.3 Å². The van der Waals surface area contributed by atoms with Gasteiger partial charge in [0.1, 0.15) is 5.82 Å². The first-order valence-electron chi connectivity index (χ1n) is 6.64. The number of hydrogen-bond donors (Lipinski definition) is 1. The third-order valence-electron chi connectivity index (χ3n) is 3.25. The van der Waals surface area contributed by atoms with Gasteiger partial charge in [-0.25, -0.2) is 4.39 Å². The standard InChI is InChI=1S/C15H17BrFN3O/c1-8(2)20-10(4)14(9(3)19-20)18-15(21)11-6-5-7-12(17)13(11)16/h5-8H,1-4H3,(H,18,21). The minimum atomic E-state index is -0.464. The summed E-state index contributed by atoms with van der Waals surface area (Å²) in [7, 11) is 0. The molecular formula is C15H17BrFN3O. The topological polar surface area (TPSA) is 46.9 Å². The number of aryl methyl sites for hydroxylation is 1. The van der Waals surface area contributed by atoms with E-state index in [1.807, 2.05) is 32.4 Å². The molecule has 0 saturated heterocycles. The van der Waals surface area contributed by atoms with Crippen LogP contribution in [0.5, 0.6) is 0 Å². The molecule has 1 amide bonds. The summed E-state index contributed by atoms with van der Waals surface area (Å²) in [5, 5.41) is 7.23. The average molecular weight is 354 g/mol. The Morgan fingerprint density at radius 1 is 1.38 bits per heavy atom. The quantitative estimate of drug-likeness (QED) is 0.897. The molecule has 1 aromatic heterocycles. The van der Waals surface area contributed by atoms with Crippen LogP contribution in [0.2, 0.25) is 0 Å². The smallest absolute Gasteiger partial charge is 0.257 e. The highest BCUT2D eigenvalue weighted by atomic mass is 79.9. The Morgan fingerprint density at radius 2 is 2.05 bits per heavy atom. The highest BCUT2D eigenvalue weighted by molar-refractivity contribution is 9.10. The number of hydrogen-bond acceptors (Lipinski definition) is 2. The molecule has 0 atom stereocenters. The van der Waals surface area contributed by atoms with E-state index in [9.17, 15) is 9.18 Å². The fourth-order valence-electron chi connectivity index (χ4n) is 2.21. The molecule has 0 aliphatic rings. The monoisotopic (exact) mass is 353 g/mol. The van der Waals surface area contributed by atoms with Crippen molar-refractivity contribution in [1.82, 2.24) is 9.78 Å². The molecule has 112 valence electrons. The number of carbonyl (C=O) groups is 1. The maximum atomic E-state index is 13.5. The number of nitrogens with zero attached hydrogens (tertiary/aromatic N) is 2. The molecule has 2 rings (SSSR count). The molecular weight excluding hydrogens is 337 g/mol. The summed E-state index contributed by atoms with van der Waals surface area (Å²) < 4.78 is 15.5. The van der Waals surface area contributed by atoms with E-state index in [0.29, 0.717) is 5.69 Å². The lowest BCUT2D eigenvalue weighted by Crippen LogP contribution is -2.14. The molecule has 2 aromatic rings. The summed E-state index contributed by atoms with van der Waals surface area (Å²) >= 11 is 3.10. The number of benzene rings is 1. The molecule has 0 bridgehead atoms. The summed E-state index contributed by atoms with van der Waals surface area (Å²) in [4.78, 5) is 12.3. The molecule has 21 heavy (non-hydrogen) atoms. The van der Waals surface area contributed by atoms with Crippen LogP contribution in [-0.4, -0.2) is 15.7 Å². The van der Waals surface area contributed by atoms with Crippen molar-refractivity contribution in [2.24, 2.45) is 0 Å². The van der Waals surface area contributed by atoms with Gasteiger partial charge in [0.15, 0.2) is 0 Å². The molecule has 1 aromatic carbocycles. The van der Waals surface area contributed by atoms with Crippen LogP contribution < -0.4 is 5.32 Å². The minimum Gasteiger partial charge on any atom is -0.319 e. The number of carbonyl (C=O) groups excluding carboxylic acids is 1. The van der Waals surface area contributed by atoms with Crippen LogP contribution in [0.15, 0.2) is 22.7 Å². The molecule has 0 fully saturated rings. The first-order valence-corrected chi connectivity index (χ1v) is 7.43. The molecule has 0 aliphatic heterocycles. The molecule has 1 heterocycles. The third-order valence-corrected chi connectivity index (χ3v) is 4.05. The normalized spacial score (nSPS) is 11.0. The van der Waals surface area contributed by atoms with Crippen molar-refractivity contribution in [1.29, 1.82) is 0 Å². The number of aromatic nitrogens is 2. The van der Waals surface area contributed by atoms with Gasteiger partial charge in [-0.3, -0.25) is 9.48 Å². The Balaban J connectivity index is 2.34. The predicted molar refractivity (Wildman–Crippen MR) is 84.1 cm³/mol. The number of amides is 1. The van der Waals surface area contributed by atoms with Crippen LogP contribution >= 0.6 is 15.9 Å². The zero-order valence-electron chi connectivity index (χ0n) is 12.4. The van der Waals surface area contributed by atoms with Crippen molar-refractivity contribution in [3.63, 3.8) is 0 Å². The summed E-state index contributed by atoms with van der Waals surface area (Å²) in [6, 6.07) is 4.58. The Bertz CT molecular complexity index is 694. The maximum absolute atomic E-state index is 13.5. The van der Waals surface area contributed by atoms with Gasteiger partial charge in [0, 0.05) is 6.04 Å². The minimum absolute atomic E-state index is 0.161. The van der Waals surface area contributed by atoms with Gasteiger partial charge in [-0.05, 0) is 55.8 Å². The van der Waals surface area contributed by atoms with Crippen LogP contribution in [0.1, 0.15) is 41.6 Å². The molecule has 1 N–H and O–H groups in total. The summed E-state index contributed by atoms with van der Waals surface area (Å²) in [6.07, 6.45) is 0. The van der Waals surface area contributed by atoms with E-state index in [0.717, 1.165) is 11.4 Å². The highest BCUT2D eigenvalue weighted by Crippen LogP contribution is 2.25. The van der Waals surface area contributed by atoms with E-state index in [4.69, 9.17) is 0 Å². The van der Waals surface area contributed by atoms with E-state index in [1.165, 1.54) is 12.1 Å². The van der Waals surface area contributed by atoms with Gasteiger partial charge in [-0.15, -0.1) is 0 Å². The van der Waals surface area contributed by atoms with Crippen LogP contribution in [-0.2, 0) is 0 Å². The third kappa shape index (κ3) is 3.00. The first kappa shape index (κ1) is 15.7. The Kier molecular flexibility index (Phi) is 4.46. The summed E-state index contributed by atoms with van der Waals surface area (Å²) in [5.74, 6) is -0.829. The van der Waals surface area contributed by atoms with E-state index in [-0.39, 0.29) is 22.0 Å². The largest absolute Gasteiger partial charge is 0.319 e. The van der Waals surface area contributed by atoms with Gasteiger partial charge in [0.2, 0.25) is 0 Å². The number of nitrogens with one attached hydrogen (secondary N) is 1. The Hall–Kier alpha value is -1.69. The number of anilines is 1. The molecule has 0 unspecified atom stereocenters. The van der Waals surface area contributed by atoms with Crippen molar-refractivity contribution < 1.29 is 9.18 Å². The fraction of sp³-hybridized carbons (Fsp3) is 0.333. The van der Waals surface area contributed by atoms with Crippen LogP contribution in [0.4, 0.5) is 10.1 Å². The number of rotatable bonds is 3. The lowest BCUT2D eigenvalue weighted by atomic mass is 10.2. The van der Waals surface area contributed by atoms with Crippen LogP contribution in [0.3, 0.4) is 0 Å². The lowest BCUT2D eigenvalue weighted by molar-refractivity contribution is 0.102. The highest BCUT2D eigenvalue weighted by Gasteiger charge is 2.18. The van der Waals surface area contributed by atoms with Crippen molar-refractivity contribution in [3.8, 4) is 0 Å².